The standard InChI is InChI=1S/C8H16N2.4ClH/c1-3-4-5-10-7-6-9(2)8-10;;;;/h6-7H,3-5,8H2,1-2H3;4*1H. The molecule has 0 bridgehead atoms. The van der Waals surface area contributed by atoms with Crippen molar-refractivity contribution in [2.75, 3.05) is 20.3 Å². The van der Waals surface area contributed by atoms with Gasteiger partial charge in [0.2, 0.25) is 0 Å². The third-order valence-corrected chi connectivity index (χ3v) is 1.74. The first-order valence-corrected chi connectivity index (χ1v) is 3.95. The maximum atomic E-state index is 2.34. The number of rotatable bonds is 3. The normalized spacial score (nSPS) is 12.1. The van der Waals surface area contributed by atoms with Crippen LogP contribution in [0.2, 0.25) is 0 Å². The van der Waals surface area contributed by atoms with Crippen molar-refractivity contribution in [3.63, 3.8) is 0 Å². The van der Waals surface area contributed by atoms with Crippen LogP contribution in [-0.4, -0.2) is 30.1 Å². The highest BCUT2D eigenvalue weighted by Crippen LogP contribution is 2.04. The lowest BCUT2D eigenvalue weighted by molar-refractivity contribution is 0.293. The Morgan fingerprint density at radius 2 is 1.64 bits per heavy atom. The van der Waals surface area contributed by atoms with Crippen LogP contribution in [0.15, 0.2) is 12.4 Å². The van der Waals surface area contributed by atoms with Crippen LogP contribution in [0.5, 0.6) is 0 Å². The zero-order valence-electron chi connectivity index (χ0n) is 8.51. The van der Waals surface area contributed by atoms with E-state index in [1.54, 1.807) is 0 Å². The van der Waals surface area contributed by atoms with Crippen LogP contribution in [0.1, 0.15) is 19.8 Å². The van der Waals surface area contributed by atoms with E-state index in [2.05, 4.69) is 36.2 Å². The Kier molecular flexibility index (Phi) is 23.1. The number of hydrogen-bond acceptors (Lipinski definition) is 2. The molecule has 0 saturated carbocycles. The molecule has 0 saturated heterocycles. The van der Waals surface area contributed by atoms with Crippen molar-refractivity contribution in [1.82, 2.24) is 9.80 Å². The van der Waals surface area contributed by atoms with Gasteiger partial charge in [-0.3, -0.25) is 0 Å². The lowest BCUT2D eigenvalue weighted by atomic mass is 10.3. The first-order chi connectivity index (χ1) is 4.83. The summed E-state index contributed by atoms with van der Waals surface area (Å²) in [5, 5.41) is 0. The zero-order valence-corrected chi connectivity index (χ0v) is 11.8. The van der Waals surface area contributed by atoms with E-state index >= 15 is 0 Å². The fraction of sp³-hybridized carbons (Fsp3) is 0.750. The molecule has 0 aromatic heterocycles. The van der Waals surface area contributed by atoms with E-state index in [-0.39, 0.29) is 49.6 Å². The van der Waals surface area contributed by atoms with Crippen LogP contribution >= 0.6 is 49.6 Å². The van der Waals surface area contributed by atoms with Crippen molar-refractivity contribution in [1.29, 1.82) is 0 Å². The molecule has 1 aliphatic rings. The molecule has 14 heavy (non-hydrogen) atoms. The van der Waals surface area contributed by atoms with E-state index < -0.39 is 0 Å². The third kappa shape index (κ3) is 9.07. The highest BCUT2D eigenvalue weighted by molar-refractivity contribution is 5.86. The summed E-state index contributed by atoms with van der Waals surface area (Å²) in [7, 11) is 2.10. The summed E-state index contributed by atoms with van der Waals surface area (Å²) in [6, 6.07) is 0. The first kappa shape index (κ1) is 24.0. The van der Waals surface area contributed by atoms with Gasteiger partial charge in [-0.15, -0.1) is 49.6 Å². The van der Waals surface area contributed by atoms with Gasteiger partial charge in [0.1, 0.15) is 0 Å². The van der Waals surface area contributed by atoms with Crippen LogP contribution in [0.25, 0.3) is 0 Å². The monoisotopic (exact) mass is 284 g/mol. The molecule has 90 valence electrons. The van der Waals surface area contributed by atoms with Crippen molar-refractivity contribution in [2.24, 2.45) is 0 Å². The molecule has 0 fully saturated rings. The Bertz CT molecular complexity index is 133. The van der Waals surface area contributed by atoms with Crippen molar-refractivity contribution >= 4 is 49.6 Å². The quantitative estimate of drug-likeness (QED) is 0.786. The van der Waals surface area contributed by atoms with Gasteiger partial charge >= 0.3 is 0 Å². The molecule has 0 aromatic carbocycles. The first-order valence-electron chi connectivity index (χ1n) is 3.95. The minimum atomic E-state index is 0. The van der Waals surface area contributed by atoms with Gasteiger partial charge < -0.3 is 9.80 Å². The third-order valence-electron chi connectivity index (χ3n) is 1.74. The van der Waals surface area contributed by atoms with Crippen LogP contribution < -0.4 is 0 Å². The lowest BCUT2D eigenvalue weighted by Gasteiger charge is -2.17. The van der Waals surface area contributed by atoms with Crippen molar-refractivity contribution in [3.05, 3.63) is 12.4 Å². The fourth-order valence-electron chi connectivity index (χ4n) is 1.10. The molecule has 1 aliphatic heterocycles. The van der Waals surface area contributed by atoms with E-state index in [1.165, 1.54) is 19.4 Å². The average molecular weight is 286 g/mol. The highest BCUT2D eigenvalue weighted by atomic mass is 35.5. The molecule has 0 N–H and O–H groups in total. The molecule has 0 unspecified atom stereocenters. The smallest absolute Gasteiger partial charge is 0.0890 e. The maximum Gasteiger partial charge on any atom is 0.0890 e. The maximum absolute atomic E-state index is 2.34. The van der Waals surface area contributed by atoms with Gasteiger partial charge in [-0.25, -0.2) is 0 Å². The molecule has 2 nitrogen and oxygen atoms in total. The predicted octanol–water partition coefficient (Wildman–Crippen LogP) is 3.15. The summed E-state index contributed by atoms with van der Waals surface area (Å²) < 4.78 is 0. The van der Waals surface area contributed by atoms with Gasteiger partial charge in [0.25, 0.3) is 0 Å². The minimum absolute atomic E-state index is 0. The Morgan fingerprint density at radius 3 is 2.00 bits per heavy atom. The Labute approximate surface area is 112 Å². The summed E-state index contributed by atoms with van der Waals surface area (Å²) in [5.74, 6) is 0. The second-order valence-corrected chi connectivity index (χ2v) is 2.86. The molecule has 0 radical (unpaired) electrons. The van der Waals surface area contributed by atoms with Gasteiger partial charge in [-0.2, -0.15) is 0 Å². The topological polar surface area (TPSA) is 6.48 Å². The summed E-state index contributed by atoms with van der Waals surface area (Å²) in [4.78, 5) is 4.53. The molecular formula is C8H20Cl4N2. The zero-order chi connectivity index (χ0) is 7.40. The van der Waals surface area contributed by atoms with E-state index in [0.717, 1.165) is 6.67 Å². The average Bonchev–Trinajstić information content (AvgIpc) is 2.31. The SMILES string of the molecule is CCCCN1C=CN(C)C1.Cl.Cl.Cl.Cl. The number of halogens is 4. The van der Waals surface area contributed by atoms with Gasteiger partial charge in [0.15, 0.2) is 0 Å². The summed E-state index contributed by atoms with van der Waals surface area (Å²) >= 11 is 0. The van der Waals surface area contributed by atoms with Crippen LogP contribution in [-0.2, 0) is 0 Å². The van der Waals surface area contributed by atoms with Crippen molar-refractivity contribution in [2.45, 2.75) is 19.8 Å². The van der Waals surface area contributed by atoms with Gasteiger partial charge in [-0.1, -0.05) is 13.3 Å². The molecular weight excluding hydrogens is 266 g/mol. The summed E-state index contributed by atoms with van der Waals surface area (Å²) in [5.41, 5.74) is 0. The van der Waals surface area contributed by atoms with Gasteiger partial charge in [0, 0.05) is 26.0 Å². The molecule has 0 aromatic rings. The Hall–Kier alpha value is 0.500. The molecule has 0 spiro atoms. The molecule has 1 rings (SSSR count). The van der Waals surface area contributed by atoms with E-state index in [4.69, 9.17) is 0 Å². The minimum Gasteiger partial charge on any atom is -0.362 e. The number of hydrogen-bond donors (Lipinski definition) is 0. The van der Waals surface area contributed by atoms with E-state index in [9.17, 15) is 0 Å². The summed E-state index contributed by atoms with van der Waals surface area (Å²) in [6.45, 7) is 4.50. The van der Waals surface area contributed by atoms with Gasteiger partial charge in [0.05, 0.1) is 6.67 Å². The highest BCUT2D eigenvalue weighted by Gasteiger charge is 2.05. The number of unbranched alkanes of at least 4 members (excludes halogenated alkanes) is 1. The van der Waals surface area contributed by atoms with Crippen molar-refractivity contribution in [3.8, 4) is 0 Å². The van der Waals surface area contributed by atoms with E-state index in [1.807, 2.05) is 0 Å². The number of nitrogens with zero attached hydrogens (tertiary/aromatic N) is 2. The Morgan fingerprint density at radius 1 is 1.07 bits per heavy atom. The molecule has 1 heterocycles. The largest absolute Gasteiger partial charge is 0.362 e. The molecule has 0 amide bonds. The molecule has 0 aliphatic carbocycles. The van der Waals surface area contributed by atoms with E-state index in [0.29, 0.717) is 0 Å². The molecule has 0 atom stereocenters. The van der Waals surface area contributed by atoms with Crippen LogP contribution in [0.4, 0.5) is 0 Å². The predicted molar refractivity (Wildman–Crippen MR) is 72.4 cm³/mol. The lowest BCUT2D eigenvalue weighted by Crippen LogP contribution is -2.23. The second kappa shape index (κ2) is 13.5. The second-order valence-electron chi connectivity index (χ2n) is 2.86. The van der Waals surface area contributed by atoms with Gasteiger partial charge in [-0.05, 0) is 6.42 Å². The van der Waals surface area contributed by atoms with Crippen molar-refractivity contribution < 1.29 is 0 Å². The van der Waals surface area contributed by atoms with Crippen LogP contribution in [0.3, 0.4) is 0 Å². The summed E-state index contributed by atoms with van der Waals surface area (Å²) in [6.07, 6.45) is 6.87. The fourth-order valence-corrected chi connectivity index (χ4v) is 1.10. The van der Waals surface area contributed by atoms with Crippen LogP contribution in [0, 0.1) is 0 Å². The molecule has 6 heteroatoms. The Balaban J connectivity index is -0.000000125.